The quantitative estimate of drug-likeness (QED) is 0.665. The Balaban J connectivity index is 2.26. The lowest BCUT2D eigenvalue weighted by Crippen LogP contribution is -1.89. The molecule has 0 spiro atoms. The molecule has 0 fully saturated rings. The zero-order valence-electron chi connectivity index (χ0n) is 7.34. The van der Waals surface area contributed by atoms with E-state index in [0.717, 1.165) is 25.3 Å². The van der Waals surface area contributed by atoms with Gasteiger partial charge in [-0.1, -0.05) is 13.3 Å². The zero-order chi connectivity index (χ0) is 8.39. The number of rotatable bonds is 2. The van der Waals surface area contributed by atoms with Crippen molar-refractivity contribution in [3.05, 3.63) is 23.4 Å². The maximum atomic E-state index is 5.32. The van der Waals surface area contributed by atoms with Gasteiger partial charge in [-0.25, -0.2) is 4.98 Å². The second-order valence-electron chi connectivity index (χ2n) is 3.16. The number of fused-ring (bicyclic) bond motifs is 1. The van der Waals surface area contributed by atoms with Crippen LogP contribution in [0.5, 0.6) is 5.88 Å². The van der Waals surface area contributed by atoms with Crippen LogP contribution in [0.3, 0.4) is 0 Å². The Kier molecular flexibility index (Phi) is 1.98. The first-order chi connectivity index (χ1) is 5.90. The average molecular weight is 163 g/mol. The molecule has 2 heteroatoms. The monoisotopic (exact) mass is 163 g/mol. The molecular weight excluding hydrogens is 150 g/mol. The van der Waals surface area contributed by atoms with Crippen molar-refractivity contribution >= 4 is 0 Å². The topological polar surface area (TPSA) is 22.1 Å². The Bertz CT molecular complexity index is 283. The summed E-state index contributed by atoms with van der Waals surface area (Å²) in [7, 11) is 0. The Labute approximate surface area is 72.6 Å². The van der Waals surface area contributed by atoms with Crippen molar-refractivity contribution in [1.29, 1.82) is 0 Å². The van der Waals surface area contributed by atoms with Crippen LogP contribution in [0.4, 0.5) is 0 Å². The number of pyridine rings is 1. The second-order valence-corrected chi connectivity index (χ2v) is 3.16. The van der Waals surface area contributed by atoms with Gasteiger partial charge in [0, 0.05) is 18.2 Å². The summed E-state index contributed by atoms with van der Waals surface area (Å²) in [6.45, 7) is 2.99. The van der Waals surface area contributed by atoms with E-state index in [1.165, 1.54) is 17.5 Å². The van der Waals surface area contributed by atoms with E-state index in [1.807, 2.05) is 6.20 Å². The minimum atomic E-state index is 0.803. The van der Waals surface area contributed by atoms with Gasteiger partial charge in [0.15, 0.2) is 0 Å². The van der Waals surface area contributed by atoms with Crippen LogP contribution in [-0.4, -0.2) is 11.6 Å². The fourth-order valence-corrected chi connectivity index (χ4v) is 1.54. The smallest absolute Gasteiger partial charge is 0.216 e. The van der Waals surface area contributed by atoms with Crippen molar-refractivity contribution in [2.75, 3.05) is 6.61 Å². The molecule has 64 valence electrons. The van der Waals surface area contributed by atoms with Crippen LogP contribution in [0.15, 0.2) is 12.3 Å². The van der Waals surface area contributed by atoms with E-state index in [9.17, 15) is 0 Å². The molecule has 0 saturated heterocycles. The first kappa shape index (κ1) is 7.59. The summed E-state index contributed by atoms with van der Waals surface area (Å²) < 4.78 is 5.32. The van der Waals surface area contributed by atoms with Gasteiger partial charge in [0.2, 0.25) is 5.88 Å². The van der Waals surface area contributed by atoms with Gasteiger partial charge >= 0.3 is 0 Å². The lowest BCUT2D eigenvalue weighted by molar-refractivity contribution is 0.344. The molecule has 0 saturated carbocycles. The normalized spacial score (nSPS) is 14.1. The molecule has 0 aromatic carbocycles. The van der Waals surface area contributed by atoms with E-state index in [0.29, 0.717) is 0 Å². The first-order valence-corrected chi connectivity index (χ1v) is 4.50. The van der Waals surface area contributed by atoms with Gasteiger partial charge in [-0.05, 0) is 18.1 Å². The van der Waals surface area contributed by atoms with Crippen LogP contribution in [0.1, 0.15) is 24.5 Å². The van der Waals surface area contributed by atoms with E-state index in [4.69, 9.17) is 4.74 Å². The largest absolute Gasteiger partial charge is 0.477 e. The second kappa shape index (κ2) is 3.13. The van der Waals surface area contributed by atoms with Gasteiger partial charge in [-0.3, -0.25) is 0 Å². The Morgan fingerprint density at radius 1 is 1.58 bits per heavy atom. The van der Waals surface area contributed by atoms with Gasteiger partial charge in [-0.15, -0.1) is 0 Å². The van der Waals surface area contributed by atoms with Gasteiger partial charge in [0.25, 0.3) is 0 Å². The highest BCUT2D eigenvalue weighted by Gasteiger charge is 2.12. The van der Waals surface area contributed by atoms with Crippen LogP contribution in [0.25, 0.3) is 0 Å². The van der Waals surface area contributed by atoms with Gasteiger partial charge in [-0.2, -0.15) is 0 Å². The number of hydrogen-bond acceptors (Lipinski definition) is 2. The maximum Gasteiger partial charge on any atom is 0.216 e. The minimum absolute atomic E-state index is 0.803. The van der Waals surface area contributed by atoms with Gasteiger partial charge < -0.3 is 4.74 Å². The van der Waals surface area contributed by atoms with Crippen LogP contribution >= 0.6 is 0 Å². The molecule has 0 aliphatic carbocycles. The van der Waals surface area contributed by atoms with Gasteiger partial charge in [0.05, 0.1) is 6.61 Å². The highest BCUT2D eigenvalue weighted by molar-refractivity contribution is 5.32. The predicted octanol–water partition coefficient (Wildman–Crippen LogP) is 1.97. The molecule has 2 rings (SSSR count). The van der Waals surface area contributed by atoms with Crippen molar-refractivity contribution in [3.8, 4) is 5.88 Å². The summed E-state index contributed by atoms with van der Waals surface area (Å²) in [6, 6.07) is 2.22. The third-order valence-corrected chi connectivity index (χ3v) is 2.13. The molecule has 2 heterocycles. The van der Waals surface area contributed by atoms with Crippen LogP contribution in [0, 0.1) is 0 Å². The Hall–Kier alpha value is -1.05. The third-order valence-electron chi connectivity index (χ3n) is 2.13. The molecule has 0 atom stereocenters. The summed E-state index contributed by atoms with van der Waals surface area (Å²) in [6.07, 6.45) is 5.26. The van der Waals surface area contributed by atoms with Crippen molar-refractivity contribution in [1.82, 2.24) is 4.98 Å². The van der Waals surface area contributed by atoms with E-state index < -0.39 is 0 Å². The molecule has 2 nitrogen and oxygen atoms in total. The highest BCUT2D eigenvalue weighted by atomic mass is 16.5. The molecule has 0 amide bonds. The van der Waals surface area contributed by atoms with E-state index in [1.54, 1.807) is 0 Å². The summed E-state index contributed by atoms with van der Waals surface area (Å²) in [5.41, 5.74) is 2.61. The summed E-state index contributed by atoms with van der Waals surface area (Å²) in [5, 5.41) is 0. The first-order valence-electron chi connectivity index (χ1n) is 4.50. The molecule has 0 radical (unpaired) electrons. The lowest BCUT2D eigenvalue weighted by atomic mass is 10.1. The number of aromatic nitrogens is 1. The molecule has 1 aliphatic heterocycles. The standard InChI is InChI=1S/C10H13NO/c1-2-3-8-6-9-4-5-12-10(9)11-7-8/h6-7H,2-5H2,1H3. The number of nitrogens with zero attached hydrogens (tertiary/aromatic N) is 1. The summed E-state index contributed by atoms with van der Waals surface area (Å²) in [5.74, 6) is 0.842. The molecule has 1 aliphatic rings. The van der Waals surface area contributed by atoms with E-state index in [-0.39, 0.29) is 0 Å². The molecular formula is C10H13NO. The third kappa shape index (κ3) is 1.29. The minimum Gasteiger partial charge on any atom is -0.477 e. The van der Waals surface area contributed by atoms with Crippen molar-refractivity contribution < 1.29 is 4.74 Å². The van der Waals surface area contributed by atoms with Crippen molar-refractivity contribution in [3.63, 3.8) is 0 Å². The molecule has 1 aromatic heterocycles. The average Bonchev–Trinajstić information content (AvgIpc) is 2.51. The van der Waals surface area contributed by atoms with E-state index >= 15 is 0 Å². The molecule has 12 heavy (non-hydrogen) atoms. The predicted molar refractivity (Wildman–Crippen MR) is 47.4 cm³/mol. The molecule has 1 aromatic rings. The summed E-state index contributed by atoms with van der Waals surface area (Å²) in [4.78, 5) is 4.26. The van der Waals surface area contributed by atoms with E-state index in [2.05, 4.69) is 18.0 Å². The maximum absolute atomic E-state index is 5.32. The van der Waals surface area contributed by atoms with Crippen molar-refractivity contribution in [2.45, 2.75) is 26.2 Å². The fourth-order valence-electron chi connectivity index (χ4n) is 1.54. The Morgan fingerprint density at radius 3 is 3.33 bits per heavy atom. The highest BCUT2D eigenvalue weighted by Crippen LogP contribution is 2.22. The van der Waals surface area contributed by atoms with Crippen LogP contribution < -0.4 is 4.74 Å². The number of hydrogen-bond donors (Lipinski definition) is 0. The zero-order valence-corrected chi connectivity index (χ0v) is 7.34. The fraction of sp³-hybridized carbons (Fsp3) is 0.500. The SMILES string of the molecule is CCCc1cnc2c(c1)CCO2. The summed E-state index contributed by atoms with van der Waals surface area (Å²) >= 11 is 0. The lowest BCUT2D eigenvalue weighted by Gasteiger charge is -2.00. The molecule has 0 N–H and O–H groups in total. The van der Waals surface area contributed by atoms with Gasteiger partial charge in [0.1, 0.15) is 0 Å². The Morgan fingerprint density at radius 2 is 2.50 bits per heavy atom. The molecule has 0 bridgehead atoms. The molecule has 0 unspecified atom stereocenters. The number of aryl methyl sites for hydroxylation is 1. The van der Waals surface area contributed by atoms with Crippen LogP contribution in [-0.2, 0) is 12.8 Å². The number of ether oxygens (including phenoxy) is 1. The van der Waals surface area contributed by atoms with Crippen LogP contribution in [0.2, 0.25) is 0 Å². The van der Waals surface area contributed by atoms with Crippen molar-refractivity contribution in [2.24, 2.45) is 0 Å².